The van der Waals surface area contributed by atoms with Crippen LogP contribution in [0.3, 0.4) is 0 Å². The minimum atomic E-state index is 0.0358. The molecule has 0 spiro atoms. The first-order valence-electron chi connectivity index (χ1n) is 3.68. The maximum Gasteiger partial charge on any atom is 0.141 e. The molecule has 0 aliphatic heterocycles. The SMILES string of the molecule is C/C=N\n1c(C)ccc1C(=N)N. The third-order valence-corrected chi connectivity index (χ3v) is 1.55. The van der Waals surface area contributed by atoms with Gasteiger partial charge in [-0.05, 0) is 26.0 Å². The number of nitrogens with zero attached hydrogens (tertiary/aromatic N) is 2. The number of aromatic nitrogens is 1. The molecule has 0 unspecified atom stereocenters. The van der Waals surface area contributed by atoms with E-state index in [4.69, 9.17) is 11.1 Å². The third kappa shape index (κ3) is 1.37. The highest BCUT2D eigenvalue weighted by Gasteiger charge is 2.04. The molecule has 0 atom stereocenters. The summed E-state index contributed by atoms with van der Waals surface area (Å²) in [6.07, 6.45) is 1.67. The molecule has 0 aliphatic carbocycles. The third-order valence-electron chi connectivity index (χ3n) is 1.55. The van der Waals surface area contributed by atoms with Crippen LogP contribution < -0.4 is 5.73 Å². The van der Waals surface area contributed by atoms with Crippen LogP contribution in [0.1, 0.15) is 18.3 Å². The van der Waals surface area contributed by atoms with Crippen molar-refractivity contribution in [3.05, 3.63) is 23.5 Å². The Balaban J connectivity index is 3.21. The summed E-state index contributed by atoms with van der Waals surface area (Å²) in [5.41, 5.74) is 6.95. The van der Waals surface area contributed by atoms with Crippen molar-refractivity contribution in [3.8, 4) is 0 Å². The van der Waals surface area contributed by atoms with Gasteiger partial charge in [0.15, 0.2) is 0 Å². The van der Waals surface area contributed by atoms with Gasteiger partial charge in [0.05, 0.1) is 0 Å². The van der Waals surface area contributed by atoms with Crippen LogP contribution in [0.5, 0.6) is 0 Å². The van der Waals surface area contributed by atoms with Gasteiger partial charge in [-0.25, -0.2) is 4.68 Å². The summed E-state index contributed by atoms with van der Waals surface area (Å²) >= 11 is 0. The number of nitrogens with two attached hydrogens (primary N) is 1. The van der Waals surface area contributed by atoms with E-state index in [9.17, 15) is 0 Å². The molecule has 0 radical (unpaired) electrons. The van der Waals surface area contributed by atoms with Crippen LogP contribution in [0.15, 0.2) is 17.2 Å². The fraction of sp³-hybridized carbons (Fsp3) is 0.250. The van der Waals surface area contributed by atoms with Crippen molar-refractivity contribution in [2.24, 2.45) is 10.8 Å². The molecule has 1 aromatic rings. The first-order valence-corrected chi connectivity index (χ1v) is 3.68. The minimum Gasteiger partial charge on any atom is -0.382 e. The van der Waals surface area contributed by atoms with Crippen LogP contribution in [0.4, 0.5) is 0 Å². The van der Waals surface area contributed by atoms with Crippen LogP contribution in [0.25, 0.3) is 0 Å². The molecule has 0 saturated carbocycles. The summed E-state index contributed by atoms with van der Waals surface area (Å²) < 4.78 is 1.64. The molecule has 3 N–H and O–H groups in total. The van der Waals surface area contributed by atoms with Crippen molar-refractivity contribution < 1.29 is 0 Å². The molecule has 4 nitrogen and oxygen atoms in total. The second-order valence-corrected chi connectivity index (χ2v) is 2.46. The van der Waals surface area contributed by atoms with Crippen molar-refractivity contribution in [2.75, 3.05) is 0 Å². The van der Waals surface area contributed by atoms with E-state index in [1.165, 1.54) is 0 Å². The van der Waals surface area contributed by atoms with Crippen LogP contribution in [0.2, 0.25) is 0 Å². The number of aryl methyl sites for hydroxylation is 1. The molecular weight excluding hydrogens is 152 g/mol. The van der Waals surface area contributed by atoms with Crippen LogP contribution in [0, 0.1) is 12.3 Å². The highest BCUT2D eigenvalue weighted by molar-refractivity contribution is 5.93. The number of amidine groups is 1. The number of nitrogens with one attached hydrogen (secondary N) is 1. The minimum absolute atomic E-state index is 0.0358. The van der Waals surface area contributed by atoms with Crippen molar-refractivity contribution in [3.63, 3.8) is 0 Å². The molecule has 0 fully saturated rings. The second kappa shape index (κ2) is 3.21. The molecule has 1 heterocycles. The summed E-state index contributed by atoms with van der Waals surface area (Å²) in [6.45, 7) is 3.74. The maximum atomic E-state index is 7.25. The Morgan fingerprint density at radius 2 is 2.33 bits per heavy atom. The topological polar surface area (TPSA) is 67.2 Å². The van der Waals surface area contributed by atoms with Crippen LogP contribution in [-0.4, -0.2) is 16.7 Å². The highest BCUT2D eigenvalue weighted by Crippen LogP contribution is 2.06. The van der Waals surface area contributed by atoms with E-state index >= 15 is 0 Å². The molecule has 0 bridgehead atoms. The lowest BCUT2D eigenvalue weighted by Crippen LogP contribution is -2.15. The summed E-state index contributed by atoms with van der Waals surface area (Å²) in [7, 11) is 0. The van der Waals surface area contributed by atoms with E-state index in [1.807, 2.05) is 19.9 Å². The Morgan fingerprint density at radius 1 is 1.67 bits per heavy atom. The van der Waals surface area contributed by atoms with Crippen molar-refractivity contribution in [2.45, 2.75) is 13.8 Å². The molecule has 1 aromatic heterocycles. The van der Waals surface area contributed by atoms with Gasteiger partial charge in [-0.3, -0.25) is 5.41 Å². The van der Waals surface area contributed by atoms with Crippen molar-refractivity contribution in [1.29, 1.82) is 5.41 Å². The Labute approximate surface area is 71.2 Å². The summed E-state index contributed by atoms with van der Waals surface area (Å²) in [5.74, 6) is 0.0358. The standard InChI is InChI=1S/C8H12N4/c1-3-11-12-6(2)4-5-7(12)8(9)10/h3-5H,1-2H3,(H3,9,10)/b11-3-. The zero-order valence-electron chi connectivity index (χ0n) is 7.20. The first-order chi connectivity index (χ1) is 5.66. The number of rotatable bonds is 2. The maximum absolute atomic E-state index is 7.25. The van der Waals surface area contributed by atoms with Crippen LogP contribution in [-0.2, 0) is 0 Å². The van der Waals surface area contributed by atoms with Gasteiger partial charge in [0.1, 0.15) is 11.5 Å². The summed E-state index contributed by atoms with van der Waals surface area (Å²) in [6, 6.07) is 3.66. The molecule has 12 heavy (non-hydrogen) atoms. The van der Waals surface area contributed by atoms with Gasteiger partial charge in [0.2, 0.25) is 0 Å². The molecule has 64 valence electrons. The molecule has 1 rings (SSSR count). The lowest BCUT2D eigenvalue weighted by atomic mass is 10.4. The number of hydrogen-bond acceptors (Lipinski definition) is 2. The molecule has 0 amide bonds. The molecular formula is C8H12N4. The monoisotopic (exact) mass is 164 g/mol. The Kier molecular flexibility index (Phi) is 2.28. The van der Waals surface area contributed by atoms with E-state index in [-0.39, 0.29) is 5.84 Å². The Morgan fingerprint density at radius 3 is 2.83 bits per heavy atom. The second-order valence-electron chi connectivity index (χ2n) is 2.46. The van der Waals surface area contributed by atoms with E-state index in [2.05, 4.69) is 5.10 Å². The van der Waals surface area contributed by atoms with Crippen molar-refractivity contribution in [1.82, 2.24) is 4.68 Å². The average molecular weight is 164 g/mol. The van der Waals surface area contributed by atoms with E-state index in [1.54, 1.807) is 17.0 Å². The Hall–Kier alpha value is -1.58. The van der Waals surface area contributed by atoms with Gasteiger partial charge < -0.3 is 5.73 Å². The van der Waals surface area contributed by atoms with Gasteiger partial charge in [-0.15, -0.1) is 0 Å². The lowest BCUT2D eigenvalue weighted by molar-refractivity contribution is 0.840. The van der Waals surface area contributed by atoms with Gasteiger partial charge in [-0.2, -0.15) is 5.10 Å². The predicted octanol–water partition coefficient (Wildman–Crippen LogP) is 0.934. The smallest absolute Gasteiger partial charge is 0.141 e. The summed E-state index contributed by atoms with van der Waals surface area (Å²) in [4.78, 5) is 0. The van der Waals surface area contributed by atoms with Gasteiger partial charge in [0.25, 0.3) is 0 Å². The molecule has 0 aromatic carbocycles. The largest absolute Gasteiger partial charge is 0.382 e. The first kappa shape index (κ1) is 8.52. The van der Waals surface area contributed by atoms with Crippen molar-refractivity contribution >= 4 is 12.1 Å². The van der Waals surface area contributed by atoms with Gasteiger partial charge in [-0.1, -0.05) is 0 Å². The molecule has 0 aliphatic rings. The van der Waals surface area contributed by atoms with Gasteiger partial charge >= 0.3 is 0 Å². The fourth-order valence-corrected chi connectivity index (χ4v) is 1.00. The highest BCUT2D eigenvalue weighted by atomic mass is 15.4. The fourth-order valence-electron chi connectivity index (χ4n) is 1.00. The zero-order valence-corrected chi connectivity index (χ0v) is 7.20. The van der Waals surface area contributed by atoms with Gasteiger partial charge in [0, 0.05) is 11.9 Å². The lowest BCUT2D eigenvalue weighted by Gasteiger charge is -2.02. The molecule has 0 saturated heterocycles. The quantitative estimate of drug-likeness (QED) is 0.495. The number of hydrogen-bond donors (Lipinski definition) is 2. The van der Waals surface area contributed by atoms with E-state index < -0.39 is 0 Å². The molecule has 4 heteroatoms. The average Bonchev–Trinajstić information content (AvgIpc) is 2.34. The zero-order chi connectivity index (χ0) is 9.14. The number of nitrogen functional groups attached to an aromatic ring is 1. The predicted molar refractivity (Wildman–Crippen MR) is 49.7 cm³/mol. The van der Waals surface area contributed by atoms with E-state index in [0.717, 1.165) is 5.69 Å². The Bertz CT molecular complexity index is 322. The normalized spacial score (nSPS) is 10.8. The summed E-state index contributed by atoms with van der Waals surface area (Å²) in [5, 5.41) is 11.3. The van der Waals surface area contributed by atoms with Crippen LogP contribution >= 0.6 is 0 Å². The van der Waals surface area contributed by atoms with E-state index in [0.29, 0.717) is 5.69 Å².